The predicted octanol–water partition coefficient (Wildman–Crippen LogP) is 5.70. The lowest BCUT2D eigenvalue weighted by Crippen LogP contribution is -2.55. The number of thiazole rings is 1. The van der Waals surface area contributed by atoms with Gasteiger partial charge in [0.1, 0.15) is 22.5 Å². The van der Waals surface area contributed by atoms with Crippen molar-refractivity contribution in [1.29, 1.82) is 0 Å². The van der Waals surface area contributed by atoms with Gasteiger partial charge in [0.25, 0.3) is 0 Å². The second-order valence-electron chi connectivity index (χ2n) is 10.2. The summed E-state index contributed by atoms with van der Waals surface area (Å²) in [5.41, 5.74) is 3.63. The molecule has 10 heteroatoms. The summed E-state index contributed by atoms with van der Waals surface area (Å²) in [5.74, 6) is 2.12. The number of hydrogen-bond acceptors (Lipinski definition) is 9. The monoisotopic (exact) mass is 549 g/mol. The Morgan fingerprint density at radius 3 is 2.62 bits per heavy atom. The molecule has 5 rings (SSSR count). The minimum absolute atomic E-state index is 0.112. The molecule has 0 bridgehead atoms. The molecule has 0 saturated heterocycles. The van der Waals surface area contributed by atoms with Crippen LogP contribution in [0.4, 0.5) is 23.1 Å². The van der Waals surface area contributed by atoms with Crippen molar-refractivity contribution in [2.75, 3.05) is 42.4 Å². The van der Waals surface area contributed by atoms with Gasteiger partial charge in [-0.3, -0.25) is 9.69 Å². The number of amides is 1. The molecule has 1 atom stereocenters. The Labute approximate surface area is 235 Å². The summed E-state index contributed by atoms with van der Waals surface area (Å²) in [6.45, 7) is 9.29. The van der Waals surface area contributed by atoms with Gasteiger partial charge in [0.05, 0.1) is 24.7 Å². The molecule has 3 heterocycles. The van der Waals surface area contributed by atoms with Gasteiger partial charge in [-0.1, -0.05) is 33.6 Å². The number of fused-ring (bicyclic) bond motifs is 1. The van der Waals surface area contributed by atoms with E-state index in [1.807, 2.05) is 25.2 Å². The summed E-state index contributed by atoms with van der Waals surface area (Å²) in [6.07, 6.45) is 7.04. The average Bonchev–Trinajstić information content (AvgIpc) is 3.66. The number of carbonyl (C=O) groups excluding carboxylic acids is 1. The fraction of sp³-hybridized carbons (Fsp3) is 0.517. The van der Waals surface area contributed by atoms with E-state index in [-0.39, 0.29) is 11.9 Å². The minimum Gasteiger partial charge on any atom is -0.495 e. The Hall–Kier alpha value is -3.24. The first kappa shape index (κ1) is 27.3. The summed E-state index contributed by atoms with van der Waals surface area (Å²) >= 11 is 1.65. The van der Waals surface area contributed by atoms with E-state index in [9.17, 15) is 4.79 Å². The quantitative estimate of drug-likeness (QED) is 0.345. The van der Waals surface area contributed by atoms with Gasteiger partial charge in [-0.15, -0.1) is 11.3 Å². The molecule has 1 fully saturated rings. The zero-order valence-corrected chi connectivity index (χ0v) is 24.4. The molecule has 208 valence electrons. The van der Waals surface area contributed by atoms with Crippen LogP contribution < -0.4 is 19.9 Å². The summed E-state index contributed by atoms with van der Waals surface area (Å²) in [4.78, 5) is 33.9. The lowest BCUT2D eigenvalue weighted by atomic mass is 10.0. The Bertz CT molecular complexity index is 1300. The maximum atomic E-state index is 13.2. The molecule has 39 heavy (non-hydrogen) atoms. The lowest BCUT2D eigenvalue weighted by Gasteiger charge is -2.43. The van der Waals surface area contributed by atoms with Crippen molar-refractivity contribution in [2.24, 2.45) is 0 Å². The van der Waals surface area contributed by atoms with E-state index in [2.05, 4.69) is 46.3 Å². The fourth-order valence-electron chi connectivity index (χ4n) is 5.68. The number of ether oxygens (including phenoxy) is 1. The highest BCUT2D eigenvalue weighted by Crippen LogP contribution is 2.40. The first-order chi connectivity index (χ1) is 19.0. The molecule has 1 saturated carbocycles. The van der Waals surface area contributed by atoms with Crippen LogP contribution in [-0.2, 0) is 11.3 Å². The molecule has 0 spiro atoms. The van der Waals surface area contributed by atoms with Crippen LogP contribution in [0.5, 0.6) is 5.75 Å². The summed E-state index contributed by atoms with van der Waals surface area (Å²) in [6, 6.07) is 6.17. The molecule has 1 aromatic carbocycles. The van der Waals surface area contributed by atoms with Gasteiger partial charge >= 0.3 is 0 Å². The van der Waals surface area contributed by atoms with Crippen molar-refractivity contribution in [3.63, 3.8) is 0 Å². The molecule has 9 nitrogen and oxygen atoms in total. The van der Waals surface area contributed by atoms with Crippen molar-refractivity contribution >= 4 is 40.4 Å². The Morgan fingerprint density at radius 1 is 1.15 bits per heavy atom. The van der Waals surface area contributed by atoms with Crippen molar-refractivity contribution in [2.45, 2.75) is 71.5 Å². The number of benzene rings is 1. The molecular weight excluding hydrogens is 510 g/mol. The number of carbonyl (C=O) groups is 1. The SMILES string of the molecule is CCC1C(=O)N(C)c2cnc(Nc3ccc(-c4nc(CN(CC)CC)cs4)cc3OC)nc2N1C1CCCC1. The number of hydrogen-bond donors (Lipinski definition) is 1. The number of aromatic nitrogens is 3. The van der Waals surface area contributed by atoms with Gasteiger partial charge in [-0.25, -0.2) is 9.97 Å². The third-order valence-corrected chi connectivity index (χ3v) is 8.88. The van der Waals surface area contributed by atoms with Crippen molar-refractivity contribution in [1.82, 2.24) is 19.9 Å². The second-order valence-corrected chi connectivity index (χ2v) is 11.1. The van der Waals surface area contributed by atoms with Crippen LogP contribution in [-0.4, -0.2) is 65.1 Å². The minimum atomic E-state index is -0.202. The van der Waals surface area contributed by atoms with Crippen LogP contribution >= 0.6 is 11.3 Å². The Balaban J connectivity index is 1.41. The molecule has 2 aliphatic rings. The van der Waals surface area contributed by atoms with Crippen LogP contribution in [0.1, 0.15) is 58.6 Å². The molecule has 1 aliphatic heterocycles. The number of nitrogens with zero attached hydrogens (tertiary/aromatic N) is 6. The molecule has 2 aromatic heterocycles. The van der Waals surface area contributed by atoms with Crippen molar-refractivity contribution in [3.8, 4) is 16.3 Å². The van der Waals surface area contributed by atoms with E-state index < -0.39 is 0 Å². The second kappa shape index (κ2) is 11.9. The normalized spacial score (nSPS) is 17.7. The smallest absolute Gasteiger partial charge is 0.249 e. The standard InChI is InChI=1S/C29H39N7O2S/c1-6-23-28(37)34(4)24-16-30-29(33-26(24)36(23)21-11-9-10-12-21)32-22-14-13-19(15-25(22)38-5)27-31-20(18-39-27)17-35(7-2)8-3/h13-16,18,21,23H,6-12,17H2,1-5H3,(H,30,32,33). The van der Waals surface area contributed by atoms with Crippen LogP contribution in [0.25, 0.3) is 10.6 Å². The van der Waals surface area contributed by atoms with Crippen LogP contribution in [0.3, 0.4) is 0 Å². The van der Waals surface area contributed by atoms with Crippen LogP contribution in [0, 0.1) is 0 Å². The molecule has 1 unspecified atom stereocenters. The molecule has 1 N–H and O–H groups in total. The number of anilines is 4. The Morgan fingerprint density at radius 2 is 1.92 bits per heavy atom. The highest BCUT2D eigenvalue weighted by Gasteiger charge is 2.41. The molecule has 0 radical (unpaired) electrons. The number of rotatable bonds is 10. The van der Waals surface area contributed by atoms with E-state index in [4.69, 9.17) is 14.7 Å². The van der Waals surface area contributed by atoms with Gasteiger partial charge in [0.15, 0.2) is 5.82 Å². The van der Waals surface area contributed by atoms with E-state index >= 15 is 0 Å². The lowest BCUT2D eigenvalue weighted by molar-refractivity contribution is -0.120. The van der Waals surface area contributed by atoms with Crippen molar-refractivity contribution < 1.29 is 9.53 Å². The topological polar surface area (TPSA) is 86.7 Å². The van der Waals surface area contributed by atoms with Gasteiger partial charge in [-0.2, -0.15) is 4.98 Å². The number of nitrogens with one attached hydrogen (secondary N) is 1. The van der Waals surface area contributed by atoms with Crippen LogP contribution in [0.2, 0.25) is 0 Å². The third-order valence-electron chi connectivity index (χ3n) is 7.94. The summed E-state index contributed by atoms with van der Waals surface area (Å²) in [7, 11) is 3.49. The molecular formula is C29H39N7O2S. The van der Waals surface area contributed by atoms with E-state index in [0.29, 0.717) is 17.7 Å². The number of likely N-dealkylation sites (N-methyl/N-ethyl adjacent to an activating group) is 1. The third kappa shape index (κ3) is 5.45. The Kier molecular flexibility index (Phi) is 8.32. The summed E-state index contributed by atoms with van der Waals surface area (Å²) in [5, 5.41) is 6.47. The van der Waals surface area contributed by atoms with Gasteiger partial charge in [0.2, 0.25) is 11.9 Å². The van der Waals surface area contributed by atoms with E-state index in [1.165, 1.54) is 12.8 Å². The first-order valence-corrected chi connectivity index (χ1v) is 14.9. The highest BCUT2D eigenvalue weighted by molar-refractivity contribution is 7.13. The first-order valence-electron chi connectivity index (χ1n) is 14.0. The molecule has 3 aromatic rings. The number of methoxy groups -OCH3 is 1. The maximum absolute atomic E-state index is 13.2. The highest BCUT2D eigenvalue weighted by atomic mass is 32.1. The summed E-state index contributed by atoms with van der Waals surface area (Å²) < 4.78 is 5.75. The largest absolute Gasteiger partial charge is 0.495 e. The molecule has 1 aliphatic carbocycles. The predicted molar refractivity (Wildman–Crippen MR) is 158 cm³/mol. The average molecular weight is 550 g/mol. The zero-order valence-electron chi connectivity index (χ0n) is 23.6. The zero-order chi connectivity index (χ0) is 27.5. The van der Waals surface area contributed by atoms with Gasteiger partial charge < -0.3 is 19.9 Å². The molecule has 1 amide bonds. The van der Waals surface area contributed by atoms with Crippen LogP contribution in [0.15, 0.2) is 29.8 Å². The van der Waals surface area contributed by atoms with Gasteiger partial charge in [-0.05, 0) is 50.6 Å². The maximum Gasteiger partial charge on any atom is 0.249 e. The van der Waals surface area contributed by atoms with E-state index in [0.717, 1.165) is 72.4 Å². The fourth-order valence-corrected chi connectivity index (χ4v) is 6.49. The van der Waals surface area contributed by atoms with Gasteiger partial charge in [0, 0.05) is 30.6 Å². The van der Waals surface area contributed by atoms with Crippen molar-refractivity contribution in [3.05, 3.63) is 35.5 Å². The van der Waals surface area contributed by atoms with E-state index in [1.54, 1.807) is 29.5 Å².